The van der Waals surface area contributed by atoms with Crippen LogP contribution in [0.5, 0.6) is 0 Å². The highest BCUT2D eigenvalue weighted by Gasteiger charge is 2.26. The van der Waals surface area contributed by atoms with Gasteiger partial charge in [0, 0.05) is 34.1 Å². The predicted octanol–water partition coefficient (Wildman–Crippen LogP) is 2.95. The molecule has 1 aliphatic rings. The molecule has 0 saturated carbocycles. The summed E-state index contributed by atoms with van der Waals surface area (Å²) in [5.41, 5.74) is 3.20. The number of ketones is 1. The summed E-state index contributed by atoms with van der Waals surface area (Å²) in [6, 6.07) is 7.10. The lowest BCUT2D eigenvalue weighted by molar-refractivity contribution is 0.104. The predicted molar refractivity (Wildman–Crippen MR) is 58.1 cm³/mol. The van der Waals surface area contributed by atoms with E-state index in [1.807, 2.05) is 6.07 Å². The Kier molecular flexibility index (Phi) is 1.67. The largest absolute Gasteiger partial charge is 0.289 e. The molecule has 0 fully saturated rings. The monoisotopic (exact) mass is 215 g/mol. The molecule has 2 nitrogen and oxygen atoms in total. The molecule has 0 radical (unpaired) electrons. The molecule has 0 saturated heterocycles. The highest BCUT2D eigenvalue weighted by molar-refractivity contribution is 6.32. The maximum absolute atomic E-state index is 12.0. The number of carbonyl (C=O) groups excluding carboxylic acids is 1. The molecule has 0 amide bonds. The van der Waals surface area contributed by atoms with E-state index in [2.05, 4.69) is 4.98 Å². The van der Waals surface area contributed by atoms with E-state index in [-0.39, 0.29) is 5.78 Å². The maximum Gasteiger partial charge on any atom is 0.194 e. The molecule has 0 N–H and O–H groups in total. The standard InChI is InChI=1S/C12H6ClNO/c13-7-1-2-8-10(5-7)12(15)9-3-4-14-6-11(8)9/h1-6H. The molecule has 0 spiro atoms. The fourth-order valence-corrected chi connectivity index (χ4v) is 2.06. The van der Waals surface area contributed by atoms with E-state index < -0.39 is 0 Å². The lowest BCUT2D eigenvalue weighted by atomic mass is 10.1. The number of carbonyl (C=O) groups is 1. The zero-order chi connectivity index (χ0) is 10.4. The minimum absolute atomic E-state index is 0.0323. The molecule has 15 heavy (non-hydrogen) atoms. The van der Waals surface area contributed by atoms with Crippen LogP contribution in [0.1, 0.15) is 15.9 Å². The minimum atomic E-state index is 0.0323. The van der Waals surface area contributed by atoms with Gasteiger partial charge in [0.25, 0.3) is 0 Å². The number of benzene rings is 1. The van der Waals surface area contributed by atoms with Gasteiger partial charge in [-0.2, -0.15) is 0 Å². The van der Waals surface area contributed by atoms with Crippen molar-refractivity contribution in [3.05, 3.63) is 52.8 Å². The quantitative estimate of drug-likeness (QED) is 0.577. The molecule has 0 aliphatic heterocycles. The SMILES string of the molecule is O=C1c2cc(Cl)ccc2-c2cnccc21. The summed E-state index contributed by atoms with van der Waals surface area (Å²) < 4.78 is 0. The van der Waals surface area contributed by atoms with Crippen molar-refractivity contribution in [3.8, 4) is 11.1 Å². The van der Waals surface area contributed by atoms with Crippen LogP contribution in [0.2, 0.25) is 5.02 Å². The molecule has 2 aromatic rings. The molecular formula is C12H6ClNO. The molecule has 1 aromatic heterocycles. The van der Waals surface area contributed by atoms with E-state index in [0.29, 0.717) is 16.1 Å². The van der Waals surface area contributed by atoms with Crippen molar-refractivity contribution in [3.63, 3.8) is 0 Å². The second-order valence-electron chi connectivity index (χ2n) is 3.44. The first kappa shape index (κ1) is 8.62. The van der Waals surface area contributed by atoms with E-state index in [0.717, 1.165) is 11.1 Å². The van der Waals surface area contributed by atoms with E-state index in [9.17, 15) is 4.79 Å². The number of pyridine rings is 1. The molecule has 1 aromatic carbocycles. The number of hydrogen-bond acceptors (Lipinski definition) is 2. The number of hydrogen-bond donors (Lipinski definition) is 0. The number of rotatable bonds is 0. The van der Waals surface area contributed by atoms with Gasteiger partial charge in [-0.25, -0.2) is 0 Å². The molecule has 0 atom stereocenters. The van der Waals surface area contributed by atoms with Gasteiger partial charge >= 0.3 is 0 Å². The maximum atomic E-state index is 12.0. The third-order valence-electron chi connectivity index (χ3n) is 2.58. The first-order valence-corrected chi connectivity index (χ1v) is 4.94. The first-order valence-electron chi connectivity index (χ1n) is 4.56. The molecular weight excluding hydrogens is 210 g/mol. The van der Waals surface area contributed by atoms with Crippen LogP contribution in [-0.4, -0.2) is 10.8 Å². The Morgan fingerprint density at radius 1 is 1.00 bits per heavy atom. The Hall–Kier alpha value is -1.67. The van der Waals surface area contributed by atoms with Gasteiger partial charge in [-0.3, -0.25) is 9.78 Å². The zero-order valence-corrected chi connectivity index (χ0v) is 8.45. The van der Waals surface area contributed by atoms with Crippen molar-refractivity contribution in [2.45, 2.75) is 0 Å². The van der Waals surface area contributed by atoms with Gasteiger partial charge < -0.3 is 0 Å². The lowest BCUT2D eigenvalue weighted by Crippen LogP contribution is -1.94. The van der Waals surface area contributed by atoms with Crippen LogP contribution in [0.4, 0.5) is 0 Å². The van der Waals surface area contributed by atoms with Gasteiger partial charge in [-0.15, -0.1) is 0 Å². The number of aromatic nitrogens is 1. The average Bonchev–Trinajstić information content (AvgIpc) is 2.54. The Morgan fingerprint density at radius 3 is 2.73 bits per heavy atom. The van der Waals surface area contributed by atoms with Crippen LogP contribution in [0.25, 0.3) is 11.1 Å². The van der Waals surface area contributed by atoms with E-state index in [1.165, 1.54) is 0 Å². The average molecular weight is 216 g/mol. The summed E-state index contributed by atoms with van der Waals surface area (Å²) in [6.07, 6.45) is 3.34. The summed E-state index contributed by atoms with van der Waals surface area (Å²) in [7, 11) is 0. The summed E-state index contributed by atoms with van der Waals surface area (Å²) in [4.78, 5) is 16.0. The smallest absolute Gasteiger partial charge is 0.194 e. The summed E-state index contributed by atoms with van der Waals surface area (Å²) in [5, 5.41) is 0.586. The molecule has 0 unspecified atom stereocenters. The summed E-state index contributed by atoms with van der Waals surface area (Å²) in [5.74, 6) is 0.0323. The van der Waals surface area contributed by atoms with Gasteiger partial charge in [0.2, 0.25) is 0 Å². The Bertz CT molecular complexity index is 578. The van der Waals surface area contributed by atoms with Crippen LogP contribution in [-0.2, 0) is 0 Å². The van der Waals surface area contributed by atoms with Crippen molar-refractivity contribution in [1.29, 1.82) is 0 Å². The summed E-state index contributed by atoms with van der Waals surface area (Å²) >= 11 is 5.86. The Morgan fingerprint density at radius 2 is 1.87 bits per heavy atom. The van der Waals surface area contributed by atoms with Crippen molar-refractivity contribution in [2.24, 2.45) is 0 Å². The third kappa shape index (κ3) is 1.12. The lowest BCUT2D eigenvalue weighted by Gasteiger charge is -1.97. The molecule has 72 valence electrons. The van der Waals surface area contributed by atoms with Gasteiger partial charge in [-0.1, -0.05) is 17.7 Å². The Balaban J connectivity index is 2.38. The van der Waals surface area contributed by atoms with Crippen molar-refractivity contribution in [1.82, 2.24) is 4.98 Å². The van der Waals surface area contributed by atoms with Crippen LogP contribution >= 0.6 is 11.6 Å². The highest BCUT2D eigenvalue weighted by Crippen LogP contribution is 2.36. The van der Waals surface area contributed by atoms with E-state index in [1.54, 1.807) is 30.6 Å². The zero-order valence-electron chi connectivity index (χ0n) is 7.70. The second kappa shape index (κ2) is 2.91. The minimum Gasteiger partial charge on any atom is -0.289 e. The van der Waals surface area contributed by atoms with Crippen molar-refractivity contribution in [2.75, 3.05) is 0 Å². The fraction of sp³-hybridized carbons (Fsp3) is 0. The van der Waals surface area contributed by atoms with Crippen LogP contribution in [0.3, 0.4) is 0 Å². The topological polar surface area (TPSA) is 30.0 Å². The van der Waals surface area contributed by atoms with Crippen LogP contribution < -0.4 is 0 Å². The normalized spacial score (nSPS) is 12.5. The Labute approximate surface area is 91.5 Å². The molecule has 0 bridgehead atoms. The van der Waals surface area contributed by atoms with Gasteiger partial charge in [0.15, 0.2) is 5.78 Å². The molecule has 1 heterocycles. The first-order chi connectivity index (χ1) is 7.27. The van der Waals surface area contributed by atoms with E-state index in [4.69, 9.17) is 11.6 Å². The molecule has 3 rings (SSSR count). The highest BCUT2D eigenvalue weighted by atomic mass is 35.5. The van der Waals surface area contributed by atoms with Crippen LogP contribution in [0, 0.1) is 0 Å². The van der Waals surface area contributed by atoms with Gasteiger partial charge in [-0.05, 0) is 23.8 Å². The fourth-order valence-electron chi connectivity index (χ4n) is 1.89. The van der Waals surface area contributed by atoms with Gasteiger partial charge in [0.1, 0.15) is 0 Å². The third-order valence-corrected chi connectivity index (χ3v) is 2.82. The number of nitrogens with zero attached hydrogens (tertiary/aromatic N) is 1. The number of fused-ring (bicyclic) bond motifs is 3. The second-order valence-corrected chi connectivity index (χ2v) is 3.88. The van der Waals surface area contributed by atoms with Crippen LogP contribution in [0.15, 0.2) is 36.7 Å². The number of halogens is 1. The summed E-state index contributed by atoms with van der Waals surface area (Å²) in [6.45, 7) is 0. The molecule has 1 aliphatic carbocycles. The van der Waals surface area contributed by atoms with E-state index >= 15 is 0 Å². The van der Waals surface area contributed by atoms with Gasteiger partial charge in [0.05, 0.1) is 0 Å². The molecule has 3 heteroatoms. The van der Waals surface area contributed by atoms with Crippen molar-refractivity contribution < 1.29 is 4.79 Å². The van der Waals surface area contributed by atoms with Crippen molar-refractivity contribution >= 4 is 17.4 Å².